The maximum Gasteiger partial charge on any atom is 0.251 e. The largest absolute Gasteiger partial charge is 0.497 e. The molecule has 0 radical (unpaired) electrons. The molecule has 168 valence electrons. The first-order valence-corrected chi connectivity index (χ1v) is 11.6. The lowest BCUT2D eigenvalue weighted by Gasteiger charge is -2.14. The Morgan fingerprint density at radius 3 is 2.73 bits per heavy atom. The fourth-order valence-electron chi connectivity index (χ4n) is 3.25. The van der Waals surface area contributed by atoms with Gasteiger partial charge in [0.1, 0.15) is 5.75 Å². The van der Waals surface area contributed by atoms with Gasteiger partial charge in [0.05, 0.1) is 19.3 Å². The molecule has 2 aromatic heterocycles. The lowest BCUT2D eigenvalue weighted by Crippen LogP contribution is -2.24. The predicted octanol–water partition coefficient (Wildman–Crippen LogP) is 4.86. The van der Waals surface area contributed by atoms with Crippen molar-refractivity contribution in [2.75, 3.05) is 7.11 Å². The van der Waals surface area contributed by atoms with Gasteiger partial charge in [-0.25, -0.2) is 0 Å². The monoisotopic (exact) mass is 479 g/mol. The average molecular weight is 480 g/mol. The number of ether oxygens (including phenoxy) is 1. The third kappa shape index (κ3) is 5.53. The highest BCUT2D eigenvalue weighted by Gasteiger charge is 2.18. The van der Waals surface area contributed by atoms with Gasteiger partial charge in [-0.1, -0.05) is 41.6 Å². The molecule has 0 saturated carbocycles. The van der Waals surface area contributed by atoms with Crippen LogP contribution in [0.2, 0.25) is 5.02 Å². The number of carbonyl (C=O) groups excluding carboxylic acids is 1. The van der Waals surface area contributed by atoms with Crippen molar-refractivity contribution in [3.05, 3.63) is 94.5 Å². The lowest BCUT2D eigenvalue weighted by molar-refractivity contribution is 0.0949. The molecule has 2 heterocycles. The van der Waals surface area contributed by atoms with Gasteiger partial charge >= 0.3 is 0 Å². The van der Waals surface area contributed by atoms with Crippen molar-refractivity contribution in [1.29, 1.82) is 0 Å². The lowest BCUT2D eigenvalue weighted by atomic mass is 10.2. The number of hydrogen-bond acceptors (Lipinski definition) is 6. The number of hydrogen-bond donors (Lipinski definition) is 1. The van der Waals surface area contributed by atoms with Crippen LogP contribution in [0.15, 0.2) is 72.1 Å². The predicted molar refractivity (Wildman–Crippen MR) is 129 cm³/mol. The highest BCUT2D eigenvalue weighted by atomic mass is 35.5. The van der Waals surface area contributed by atoms with Crippen molar-refractivity contribution in [3.8, 4) is 11.4 Å². The van der Waals surface area contributed by atoms with Gasteiger partial charge in [-0.3, -0.25) is 14.3 Å². The number of methoxy groups -OCH3 is 1. The standard InChI is InChI=1S/C24H22ClN5O2S/c1-16-6-7-19(25)13-21(16)30-22(14-27-23(31)18-8-10-26-11-9-18)28-29-24(30)33-15-17-4-3-5-20(12-17)32-2/h3-13H,14-15H2,1-2H3,(H,27,31). The maximum absolute atomic E-state index is 12.5. The molecule has 0 aliphatic carbocycles. The summed E-state index contributed by atoms with van der Waals surface area (Å²) in [7, 11) is 1.65. The van der Waals surface area contributed by atoms with Crippen molar-refractivity contribution in [2.24, 2.45) is 0 Å². The molecule has 1 N–H and O–H groups in total. The van der Waals surface area contributed by atoms with Crippen LogP contribution < -0.4 is 10.1 Å². The van der Waals surface area contributed by atoms with Gasteiger partial charge in [-0.05, 0) is 54.4 Å². The number of amides is 1. The SMILES string of the molecule is COc1cccc(CSc2nnc(CNC(=O)c3ccncc3)n2-c2cc(Cl)ccc2C)c1. The normalized spacial score (nSPS) is 10.8. The Kier molecular flexibility index (Phi) is 7.26. The zero-order valence-corrected chi connectivity index (χ0v) is 19.7. The number of benzene rings is 2. The van der Waals surface area contributed by atoms with Crippen LogP contribution in [0.25, 0.3) is 5.69 Å². The zero-order chi connectivity index (χ0) is 23.2. The van der Waals surface area contributed by atoms with Gasteiger partial charge in [-0.2, -0.15) is 0 Å². The fourth-order valence-corrected chi connectivity index (χ4v) is 4.32. The van der Waals surface area contributed by atoms with E-state index in [1.54, 1.807) is 43.4 Å². The first-order chi connectivity index (χ1) is 16.0. The van der Waals surface area contributed by atoms with Crippen molar-refractivity contribution in [2.45, 2.75) is 24.4 Å². The molecule has 4 rings (SSSR count). The van der Waals surface area contributed by atoms with Gasteiger partial charge in [0.25, 0.3) is 5.91 Å². The van der Waals surface area contributed by atoms with Gasteiger partial charge in [0, 0.05) is 28.7 Å². The van der Waals surface area contributed by atoms with Crippen LogP contribution in [-0.2, 0) is 12.3 Å². The number of thioether (sulfide) groups is 1. The van der Waals surface area contributed by atoms with E-state index in [1.807, 2.05) is 54.0 Å². The Bertz CT molecular complexity index is 1260. The molecule has 33 heavy (non-hydrogen) atoms. The van der Waals surface area contributed by atoms with Gasteiger partial charge < -0.3 is 10.1 Å². The Morgan fingerprint density at radius 1 is 1.12 bits per heavy atom. The summed E-state index contributed by atoms with van der Waals surface area (Å²) < 4.78 is 7.27. The van der Waals surface area contributed by atoms with E-state index in [4.69, 9.17) is 16.3 Å². The summed E-state index contributed by atoms with van der Waals surface area (Å²) in [5.74, 6) is 1.88. The quantitative estimate of drug-likeness (QED) is 0.363. The van der Waals surface area contributed by atoms with E-state index in [-0.39, 0.29) is 12.5 Å². The summed E-state index contributed by atoms with van der Waals surface area (Å²) >= 11 is 7.85. The third-order valence-electron chi connectivity index (χ3n) is 4.96. The number of aromatic nitrogens is 4. The molecule has 1 amide bonds. The average Bonchev–Trinajstić information content (AvgIpc) is 3.26. The van der Waals surface area contributed by atoms with Crippen LogP contribution in [-0.4, -0.2) is 32.8 Å². The van der Waals surface area contributed by atoms with Crippen molar-refractivity contribution in [3.63, 3.8) is 0 Å². The second-order valence-corrected chi connectivity index (χ2v) is 8.60. The van der Waals surface area contributed by atoms with Crippen LogP contribution in [0.3, 0.4) is 0 Å². The van der Waals surface area contributed by atoms with Crippen molar-refractivity contribution in [1.82, 2.24) is 25.1 Å². The Hall–Kier alpha value is -3.36. The van der Waals surface area contributed by atoms with Crippen molar-refractivity contribution < 1.29 is 9.53 Å². The van der Waals surface area contributed by atoms with E-state index >= 15 is 0 Å². The molecule has 0 atom stereocenters. The fraction of sp³-hybridized carbons (Fsp3) is 0.167. The van der Waals surface area contributed by atoms with Crippen LogP contribution in [0.1, 0.15) is 27.3 Å². The molecule has 2 aromatic carbocycles. The highest BCUT2D eigenvalue weighted by molar-refractivity contribution is 7.98. The molecule has 0 spiro atoms. The number of nitrogens with one attached hydrogen (secondary N) is 1. The molecule has 0 fully saturated rings. The number of rotatable bonds is 8. The van der Waals surface area contributed by atoms with E-state index < -0.39 is 0 Å². The molecular weight excluding hydrogens is 458 g/mol. The minimum Gasteiger partial charge on any atom is -0.497 e. The van der Waals surface area contributed by atoms with E-state index in [2.05, 4.69) is 20.5 Å². The number of aryl methyl sites for hydroxylation is 1. The molecule has 4 aromatic rings. The van der Waals surface area contributed by atoms with E-state index in [0.717, 1.165) is 22.6 Å². The Morgan fingerprint density at radius 2 is 1.94 bits per heavy atom. The molecule has 7 nitrogen and oxygen atoms in total. The maximum atomic E-state index is 12.5. The van der Waals surface area contributed by atoms with Gasteiger partial charge in [-0.15, -0.1) is 10.2 Å². The first kappa shape index (κ1) is 22.8. The summed E-state index contributed by atoms with van der Waals surface area (Å²) in [6, 6.07) is 16.9. The summed E-state index contributed by atoms with van der Waals surface area (Å²) in [5.41, 5.74) is 3.52. The highest BCUT2D eigenvalue weighted by Crippen LogP contribution is 2.29. The number of halogens is 1. The van der Waals surface area contributed by atoms with Gasteiger partial charge in [0.15, 0.2) is 11.0 Å². The van der Waals surface area contributed by atoms with Gasteiger partial charge in [0.2, 0.25) is 0 Å². The molecule has 0 unspecified atom stereocenters. The van der Waals surface area contributed by atoms with Crippen LogP contribution in [0.4, 0.5) is 0 Å². The number of nitrogens with zero attached hydrogens (tertiary/aromatic N) is 4. The topological polar surface area (TPSA) is 81.9 Å². The smallest absolute Gasteiger partial charge is 0.251 e. The number of carbonyl (C=O) groups is 1. The Labute approximate surface area is 201 Å². The minimum atomic E-state index is -0.208. The van der Waals surface area contributed by atoms with E-state index in [9.17, 15) is 4.79 Å². The molecule has 9 heteroatoms. The van der Waals surface area contributed by atoms with Crippen LogP contribution >= 0.6 is 23.4 Å². The second-order valence-electron chi connectivity index (χ2n) is 7.22. The van der Waals surface area contributed by atoms with E-state index in [0.29, 0.717) is 27.3 Å². The first-order valence-electron chi connectivity index (χ1n) is 10.2. The molecule has 0 bridgehead atoms. The summed E-state index contributed by atoms with van der Waals surface area (Å²) in [6.07, 6.45) is 3.17. The molecule has 0 aliphatic heterocycles. The second kappa shape index (κ2) is 10.5. The Balaban J connectivity index is 1.61. The van der Waals surface area contributed by atoms with Crippen molar-refractivity contribution >= 4 is 29.3 Å². The number of pyridine rings is 1. The molecule has 0 saturated heterocycles. The molecule has 0 aliphatic rings. The summed E-state index contributed by atoms with van der Waals surface area (Å²) in [6.45, 7) is 2.21. The summed E-state index contributed by atoms with van der Waals surface area (Å²) in [4.78, 5) is 16.5. The summed E-state index contributed by atoms with van der Waals surface area (Å²) in [5, 5.41) is 13.0. The van der Waals surface area contributed by atoms with E-state index in [1.165, 1.54) is 0 Å². The minimum absolute atomic E-state index is 0.208. The molecular formula is C24H22ClN5O2S. The van der Waals surface area contributed by atoms with Crippen LogP contribution in [0, 0.1) is 6.92 Å². The third-order valence-corrected chi connectivity index (χ3v) is 6.20. The van der Waals surface area contributed by atoms with Crippen LogP contribution in [0.5, 0.6) is 5.75 Å². The zero-order valence-electron chi connectivity index (χ0n) is 18.2.